The molecule has 6 bridgehead atoms. The van der Waals surface area contributed by atoms with Crippen molar-refractivity contribution in [1.29, 1.82) is 0 Å². The molecule has 10 rings (SSSR count). The summed E-state index contributed by atoms with van der Waals surface area (Å²) in [6.45, 7) is 15.7. The molecule has 0 radical (unpaired) electrons. The molecule has 6 amide bonds. The zero-order chi connectivity index (χ0) is 58.4. The van der Waals surface area contributed by atoms with Gasteiger partial charge in [-0.1, -0.05) is 29.8 Å². The molecular formula is C54H71ClN6O18. The molecular weight excluding hydrogens is 1060 g/mol. The number of ether oxygens (including phenoxy) is 6. The van der Waals surface area contributed by atoms with Crippen molar-refractivity contribution in [3.8, 4) is 0 Å². The van der Waals surface area contributed by atoms with E-state index in [0.717, 1.165) is 5.02 Å². The molecule has 6 N–H and O–H groups in total. The van der Waals surface area contributed by atoms with Crippen LogP contribution in [-0.4, -0.2) is 128 Å². The maximum Gasteiger partial charge on any atom is 0.321 e. The van der Waals surface area contributed by atoms with Gasteiger partial charge in [0.05, 0.1) is 39.6 Å². The molecule has 9 aliphatic rings. The molecule has 1 aromatic carbocycles. The fourth-order valence-corrected chi connectivity index (χ4v) is 14.1. The van der Waals surface area contributed by atoms with E-state index in [-0.39, 0.29) is 97.4 Å². The van der Waals surface area contributed by atoms with Crippen LogP contribution in [0.3, 0.4) is 0 Å². The third-order valence-electron chi connectivity index (χ3n) is 17.5. The van der Waals surface area contributed by atoms with Gasteiger partial charge in [-0.15, -0.1) is 0 Å². The minimum Gasteiger partial charge on any atom is -0.465 e. The van der Waals surface area contributed by atoms with E-state index < -0.39 is 138 Å². The highest BCUT2D eigenvalue weighted by molar-refractivity contribution is 6.30. The molecule has 6 heterocycles. The zero-order valence-corrected chi connectivity index (χ0v) is 46.7. The van der Waals surface area contributed by atoms with E-state index in [1.165, 1.54) is 0 Å². The van der Waals surface area contributed by atoms with Gasteiger partial charge in [0.2, 0.25) is 35.4 Å². The summed E-state index contributed by atoms with van der Waals surface area (Å²) >= 11 is 5.54. The Labute approximate surface area is 461 Å². The third-order valence-corrected chi connectivity index (χ3v) is 17.7. The van der Waals surface area contributed by atoms with Gasteiger partial charge in [0, 0.05) is 22.8 Å². The lowest BCUT2D eigenvalue weighted by Crippen LogP contribution is -2.76. The molecule has 6 unspecified atom stereocenters. The highest BCUT2D eigenvalue weighted by Crippen LogP contribution is 2.65. The average Bonchev–Trinajstić information content (AvgIpc) is 3.21. The van der Waals surface area contributed by atoms with Gasteiger partial charge in [-0.25, -0.2) is 0 Å². The Hall–Kier alpha value is -6.85. The van der Waals surface area contributed by atoms with E-state index >= 15 is 0 Å². The summed E-state index contributed by atoms with van der Waals surface area (Å²) < 4.78 is 30.8. The number of halogens is 1. The van der Waals surface area contributed by atoms with Crippen LogP contribution in [0, 0.1) is 50.2 Å². The third kappa shape index (κ3) is 9.12. The first-order chi connectivity index (χ1) is 37.2. The molecule has 79 heavy (non-hydrogen) atoms. The number of fused-ring (bicyclic) bond motifs is 3. The summed E-state index contributed by atoms with van der Waals surface area (Å²) in [6.07, 6.45) is 1.37. The Bertz CT molecular complexity index is 2320. The molecule has 3 saturated carbocycles. The number of esters is 6. The van der Waals surface area contributed by atoms with Crippen LogP contribution in [0.4, 0.5) is 0 Å². The molecule has 432 valence electrons. The molecule has 0 aromatic heterocycles. The van der Waals surface area contributed by atoms with Gasteiger partial charge in [0.1, 0.15) is 17.0 Å². The fourth-order valence-electron chi connectivity index (χ4n) is 14.0. The van der Waals surface area contributed by atoms with Crippen molar-refractivity contribution in [2.75, 3.05) is 39.6 Å². The molecule has 12 atom stereocenters. The maximum absolute atomic E-state index is 12.8. The fraction of sp³-hybridized carbons (Fsp3) is 0.667. The molecule has 24 nitrogen and oxygen atoms in total. The zero-order valence-electron chi connectivity index (χ0n) is 46.0. The van der Waals surface area contributed by atoms with Gasteiger partial charge in [-0.05, 0) is 132 Å². The van der Waals surface area contributed by atoms with Crippen molar-refractivity contribution < 1.29 is 86.0 Å². The van der Waals surface area contributed by atoms with E-state index in [1.54, 1.807) is 62.3 Å². The van der Waals surface area contributed by atoms with E-state index in [4.69, 9.17) is 40.0 Å². The quantitative estimate of drug-likeness (QED) is 0.0989. The van der Waals surface area contributed by atoms with Crippen LogP contribution in [0.25, 0.3) is 0 Å². The average molecular weight is 1130 g/mol. The second kappa shape index (κ2) is 21.7. The topological polar surface area (TPSA) is 332 Å². The van der Waals surface area contributed by atoms with E-state index in [0.29, 0.717) is 0 Å². The number of amides is 6. The van der Waals surface area contributed by atoms with E-state index in [2.05, 4.69) is 31.9 Å². The minimum atomic E-state index is -1.51. The Morgan fingerprint density at radius 1 is 0.380 bits per heavy atom. The molecule has 0 spiro atoms. The van der Waals surface area contributed by atoms with Gasteiger partial charge < -0.3 is 60.3 Å². The van der Waals surface area contributed by atoms with Crippen molar-refractivity contribution >= 4 is 82.9 Å². The number of piperidine rings is 6. The first kappa shape index (κ1) is 59.8. The largest absolute Gasteiger partial charge is 0.465 e. The Balaban J connectivity index is 0.000000161. The lowest BCUT2D eigenvalue weighted by Gasteiger charge is -2.53. The maximum atomic E-state index is 12.8. The van der Waals surface area contributed by atoms with Gasteiger partial charge in [0.25, 0.3) is 0 Å². The smallest absolute Gasteiger partial charge is 0.321 e. The van der Waals surface area contributed by atoms with Crippen molar-refractivity contribution in [2.24, 2.45) is 50.2 Å². The number of hydrogen-bond donors (Lipinski definition) is 6. The van der Waals surface area contributed by atoms with Crippen molar-refractivity contribution in [3.63, 3.8) is 0 Å². The number of carbonyl (C=O) groups is 12. The van der Waals surface area contributed by atoms with Crippen LogP contribution < -0.4 is 31.9 Å². The van der Waals surface area contributed by atoms with Crippen LogP contribution >= 0.6 is 11.6 Å². The van der Waals surface area contributed by atoms with Crippen LogP contribution in [-0.2, 0) is 86.0 Å². The van der Waals surface area contributed by atoms with Gasteiger partial charge >= 0.3 is 35.8 Å². The minimum absolute atomic E-state index is 0.0879. The summed E-state index contributed by atoms with van der Waals surface area (Å²) in [5.41, 5.74) is -12.0. The highest BCUT2D eigenvalue weighted by atomic mass is 35.5. The van der Waals surface area contributed by atoms with Crippen molar-refractivity contribution in [1.82, 2.24) is 31.9 Å². The Morgan fingerprint density at radius 3 is 0.696 bits per heavy atom. The summed E-state index contributed by atoms with van der Waals surface area (Å²) in [5, 5.41) is 17.2. The predicted octanol–water partition coefficient (Wildman–Crippen LogP) is 1.92. The summed E-state index contributed by atoms with van der Waals surface area (Å²) in [5.74, 6) is -9.30. The summed E-state index contributed by atoms with van der Waals surface area (Å²) in [7, 11) is 0. The second-order valence-corrected chi connectivity index (χ2v) is 22.4. The molecule has 3 aliphatic carbocycles. The number of nitrogens with one attached hydrogen (secondary N) is 6. The van der Waals surface area contributed by atoms with Crippen LogP contribution in [0.2, 0.25) is 5.02 Å². The van der Waals surface area contributed by atoms with Crippen LogP contribution in [0.5, 0.6) is 0 Å². The lowest BCUT2D eigenvalue weighted by molar-refractivity contribution is -0.186. The summed E-state index contributed by atoms with van der Waals surface area (Å²) in [6, 6.07) is 9.44. The van der Waals surface area contributed by atoms with Crippen LogP contribution in [0.1, 0.15) is 120 Å². The highest BCUT2D eigenvalue weighted by Gasteiger charge is 2.79. The SMILES string of the molecule is CCOC(=O)[C@@]12CC[C@]3(C(=O)OCC)C(=O)NC(C)(CC13)NC2=O.CCOC(=O)[C@@]12CC[C@]3(C(=O)OCC)C(=O)NC(C)(CC13)NC2=O.CCOC(=O)[C@@]12CC[C@]3(C(=O)OCC)C(=O)NC(C)(CC13)NC2=O.Clc1ccccc1. The van der Waals surface area contributed by atoms with Crippen LogP contribution in [0.15, 0.2) is 30.3 Å². The number of carbonyl (C=O) groups excluding carboxylic acids is 12. The molecule has 6 aliphatic heterocycles. The molecule has 25 heteroatoms. The van der Waals surface area contributed by atoms with Crippen molar-refractivity contribution in [3.05, 3.63) is 35.4 Å². The second-order valence-electron chi connectivity index (χ2n) is 21.9. The Kier molecular flexibility index (Phi) is 16.4. The van der Waals surface area contributed by atoms with E-state index in [1.807, 2.05) is 30.3 Å². The molecule has 6 saturated heterocycles. The normalized spacial score (nSPS) is 37.0. The molecule has 1 aromatic rings. The number of rotatable bonds is 12. The summed E-state index contributed by atoms with van der Waals surface area (Å²) in [4.78, 5) is 153. The number of benzene rings is 1. The van der Waals surface area contributed by atoms with Gasteiger partial charge in [0.15, 0.2) is 32.5 Å². The standard InChI is InChI=1S/3C16H22N2O6.C6H5Cl/c3*1-4-23-12(21)15-6-7-16(13(22)24-5-2)9(15)8-14(3,17-10(15)19)18-11(16)20;7-6-4-2-1-3-5-6/h3*9H,4-8H2,1-3H3,(H,17,19)(H,18,20);1-5H/t3*9?,14?,15-,16+;. The monoisotopic (exact) mass is 1130 g/mol. The molecule has 9 fully saturated rings. The Morgan fingerprint density at radius 2 is 0.557 bits per heavy atom. The van der Waals surface area contributed by atoms with Gasteiger partial charge in [-0.3, -0.25) is 57.5 Å². The van der Waals surface area contributed by atoms with Crippen molar-refractivity contribution in [2.45, 2.75) is 137 Å². The number of hydrogen-bond acceptors (Lipinski definition) is 18. The van der Waals surface area contributed by atoms with E-state index in [9.17, 15) is 57.5 Å². The first-order valence-corrected chi connectivity index (χ1v) is 27.3. The lowest BCUT2D eigenvalue weighted by atomic mass is 9.59. The first-order valence-electron chi connectivity index (χ1n) is 26.9. The predicted molar refractivity (Wildman–Crippen MR) is 272 cm³/mol. The van der Waals surface area contributed by atoms with Gasteiger partial charge in [-0.2, -0.15) is 0 Å².